The van der Waals surface area contributed by atoms with Crippen LogP contribution in [-0.2, 0) is 12.4 Å². The molecule has 0 N–H and O–H groups in total. The van der Waals surface area contributed by atoms with Crippen molar-refractivity contribution in [2.24, 2.45) is 0 Å². The van der Waals surface area contributed by atoms with Gasteiger partial charge in [-0.1, -0.05) is 24.3 Å². The summed E-state index contributed by atoms with van der Waals surface area (Å²) in [5.41, 5.74) is -0.336. The van der Waals surface area contributed by atoms with Gasteiger partial charge in [0.05, 0.1) is 20.9 Å². The van der Waals surface area contributed by atoms with Gasteiger partial charge in [0.1, 0.15) is 10.0 Å². The number of hydrogen-bond donors (Lipinski definition) is 0. The van der Waals surface area contributed by atoms with Crippen LogP contribution in [0.3, 0.4) is 0 Å². The first kappa shape index (κ1) is 20.5. The summed E-state index contributed by atoms with van der Waals surface area (Å²) in [7, 11) is 0. The molecule has 0 aliphatic heterocycles. The summed E-state index contributed by atoms with van der Waals surface area (Å²) < 4.78 is 76.2. The van der Waals surface area contributed by atoms with Crippen molar-refractivity contribution in [1.82, 2.24) is 9.97 Å². The average Bonchev–Trinajstić information content (AvgIpc) is 3.36. The van der Waals surface area contributed by atoms with E-state index in [9.17, 15) is 26.3 Å². The summed E-state index contributed by atoms with van der Waals surface area (Å²) in [5.74, 6) is 0. The molecular weight excluding hydrogens is 446 g/mol. The van der Waals surface area contributed by atoms with Crippen LogP contribution in [0.25, 0.3) is 30.9 Å². The van der Waals surface area contributed by atoms with E-state index < -0.39 is 23.5 Å². The van der Waals surface area contributed by atoms with E-state index in [0.29, 0.717) is 21.1 Å². The van der Waals surface area contributed by atoms with Crippen molar-refractivity contribution >= 4 is 22.7 Å². The SMILES string of the molecule is FC(F)(F)c1ccc(-c2ncc(-c3cnc(-c4ccc(C(F)(F)F)cc4)s3)s2)cc1. The molecule has 2 heterocycles. The third-order valence-electron chi connectivity index (χ3n) is 4.17. The Balaban J connectivity index is 1.56. The molecule has 2 aromatic carbocycles. The average molecular weight is 456 g/mol. The van der Waals surface area contributed by atoms with Crippen LogP contribution in [0.5, 0.6) is 0 Å². The van der Waals surface area contributed by atoms with Gasteiger partial charge >= 0.3 is 12.4 Å². The molecule has 4 rings (SSSR count). The van der Waals surface area contributed by atoms with Gasteiger partial charge in [-0.15, -0.1) is 22.7 Å². The Kier molecular flexibility index (Phi) is 5.15. The molecule has 4 aromatic rings. The van der Waals surface area contributed by atoms with Crippen LogP contribution in [0, 0.1) is 0 Å². The van der Waals surface area contributed by atoms with Crippen molar-refractivity contribution in [3.63, 3.8) is 0 Å². The fourth-order valence-electron chi connectivity index (χ4n) is 2.65. The molecular formula is C20H10F6N2S2. The van der Waals surface area contributed by atoms with Gasteiger partial charge in [0.15, 0.2) is 0 Å². The Hall–Kier alpha value is -2.72. The van der Waals surface area contributed by atoms with Crippen molar-refractivity contribution in [3.8, 4) is 30.9 Å². The third kappa shape index (κ3) is 4.24. The van der Waals surface area contributed by atoms with E-state index in [1.807, 2.05) is 0 Å². The van der Waals surface area contributed by atoms with Gasteiger partial charge in [-0.05, 0) is 24.3 Å². The first-order valence-corrected chi connectivity index (χ1v) is 10.0. The molecule has 30 heavy (non-hydrogen) atoms. The molecule has 0 radical (unpaired) electrons. The molecule has 0 atom stereocenters. The van der Waals surface area contributed by atoms with Crippen LogP contribution in [0.1, 0.15) is 11.1 Å². The highest BCUT2D eigenvalue weighted by Crippen LogP contribution is 2.39. The summed E-state index contributed by atoms with van der Waals surface area (Å²) >= 11 is 2.59. The number of halogens is 6. The number of nitrogens with zero attached hydrogens (tertiary/aromatic N) is 2. The number of aromatic nitrogens is 2. The smallest absolute Gasteiger partial charge is 0.244 e. The van der Waals surface area contributed by atoms with Crippen LogP contribution in [0.15, 0.2) is 60.9 Å². The lowest BCUT2D eigenvalue weighted by molar-refractivity contribution is -0.138. The van der Waals surface area contributed by atoms with Crippen molar-refractivity contribution in [2.75, 3.05) is 0 Å². The quantitative estimate of drug-likeness (QED) is 0.296. The predicted octanol–water partition coefficient (Wildman–Crippen LogP) is 7.64. The van der Waals surface area contributed by atoms with Gasteiger partial charge in [-0.25, -0.2) is 9.97 Å². The Labute approximate surface area is 174 Å². The van der Waals surface area contributed by atoms with Crippen LogP contribution in [0.4, 0.5) is 26.3 Å². The normalized spacial score (nSPS) is 12.3. The first-order chi connectivity index (χ1) is 14.1. The zero-order valence-corrected chi connectivity index (χ0v) is 16.4. The monoisotopic (exact) mass is 456 g/mol. The van der Waals surface area contributed by atoms with Crippen LogP contribution < -0.4 is 0 Å². The third-order valence-corrected chi connectivity index (χ3v) is 6.46. The number of benzene rings is 2. The van der Waals surface area contributed by atoms with Crippen molar-refractivity contribution in [1.29, 1.82) is 0 Å². The van der Waals surface area contributed by atoms with E-state index in [2.05, 4.69) is 9.97 Å². The van der Waals surface area contributed by atoms with E-state index >= 15 is 0 Å². The molecule has 2 aromatic heterocycles. The molecule has 154 valence electrons. The summed E-state index contributed by atoms with van der Waals surface area (Å²) in [6, 6.07) is 9.49. The number of thiazole rings is 2. The molecule has 2 nitrogen and oxygen atoms in total. The molecule has 10 heteroatoms. The van der Waals surface area contributed by atoms with Crippen LogP contribution in [-0.4, -0.2) is 9.97 Å². The second kappa shape index (κ2) is 7.51. The summed E-state index contributed by atoms with van der Waals surface area (Å²) in [6.45, 7) is 0. The van der Waals surface area contributed by atoms with E-state index in [1.54, 1.807) is 12.4 Å². The summed E-state index contributed by atoms with van der Waals surface area (Å²) in [5, 5.41) is 1.12. The van der Waals surface area contributed by atoms with E-state index in [0.717, 1.165) is 34.0 Å². The summed E-state index contributed by atoms with van der Waals surface area (Å²) in [4.78, 5) is 10.1. The van der Waals surface area contributed by atoms with Gasteiger partial charge in [-0.3, -0.25) is 0 Å². The topological polar surface area (TPSA) is 25.8 Å². The van der Waals surface area contributed by atoms with E-state index in [1.165, 1.54) is 46.9 Å². The molecule has 0 bridgehead atoms. The Morgan fingerprint density at radius 3 is 1.17 bits per heavy atom. The lowest BCUT2D eigenvalue weighted by Crippen LogP contribution is -2.03. The number of alkyl halides is 6. The highest BCUT2D eigenvalue weighted by atomic mass is 32.1. The molecule has 0 spiro atoms. The minimum Gasteiger partial charge on any atom is -0.244 e. The lowest BCUT2D eigenvalue weighted by atomic mass is 10.1. The molecule has 0 saturated carbocycles. The largest absolute Gasteiger partial charge is 0.416 e. The van der Waals surface area contributed by atoms with Crippen molar-refractivity contribution in [2.45, 2.75) is 12.4 Å². The maximum Gasteiger partial charge on any atom is 0.416 e. The first-order valence-electron chi connectivity index (χ1n) is 8.38. The molecule has 0 fully saturated rings. The number of rotatable bonds is 3. The van der Waals surface area contributed by atoms with Crippen molar-refractivity contribution in [3.05, 3.63) is 72.1 Å². The Morgan fingerprint density at radius 1 is 0.533 bits per heavy atom. The minimum absolute atomic E-state index is 0.559. The number of hydrogen-bond acceptors (Lipinski definition) is 4. The van der Waals surface area contributed by atoms with E-state index in [4.69, 9.17) is 0 Å². The lowest BCUT2D eigenvalue weighted by Gasteiger charge is -2.06. The maximum absolute atomic E-state index is 12.7. The highest BCUT2D eigenvalue weighted by molar-refractivity contribution is 7.24. The maximum atomic E-state index is 12.7. The molecule has 0 amide bonds. The van der Waals surface area contributed by atoms with Crippen molar-refractivity contribution < 1.29 is 26.3 Å². The standard InChI is InChI=1S/C20H10F6N2S2/c21-19(22,23)13-5-1-11(2-6-13)17-27-9-15(29-17)16-10-28-18(30-16)12-3-7-14(8-4-12)20(24,25)26/h1-10H. The predicted molar refractivity (Wildman–Crippen MR) is 104 cm³/mol. The fourth-order valence-corrected chi connectivity index (χ4v) is 4.55. The molecule has 0 saturated heterocycles. The van der Waals surface area contributed by atoms with Crippen LogP contribution in [0.2, 0.25) is 0 Å². The second-order valence-electron chi connectivity index (χ2n) is 6.21. The molecule has 0 unspecified atom stereocenters. The van der Waals surface area contributed by atoms with Gasteiger partial charge in [0.2, 0.25) is 0 Å². The summed E-state index contributed by atoms with van der Waals surface area (Å²) in [6.07, 6.45) is -5.60. The molecule has 0 aliphatic carbocycles. The minimum atomic E-state index is -4.40. The zero-order chi connectivity index (χ0) is 21.5. The fraction of sp³-hybridized carbons (Fsp3) is 0.100. The van der Waals surface area contributed by atoms with E-state index in [-0.39, 0.29) is 0 Å². The second-order valence-corrected chi connectivity index (χ2v) is 8.27. The van der Waals surface area contributed by atoms with Gasteiger partial charge in [0.25, 0.3) is 0 Å². The Morgan fingerprint density at radius 2 is 0.867 bits per heavy atom. The Bertz CT molecular complexity index is 1060. The highest BCUT2D eigenvalue weighted by Gasteiger charge is 2.31. The van der Waals surface area contributed by atoms with Gasteiger partial charge in [0, 0.05) is 23.5 Å². The molecule has 0 aliphatic rings. The van der Waals surface area contributed by atoms with Gasteiger partial charge in [-0.2, -0.15) is 26.3 Å². The van der Waals surface area contributed by atoms with Crippen LogP contribution >= 0.6 is 22.7 Å². The zero-order valence-electron chi connectivity index (χ0n) is 14.8. The van der Waals surface area contributed by atoms with Gasteiger partial charge < -0.3 is 0 Å².